The molecule has 2 fully saturated rings. The Kier molecular flexibility index (Phi) is 17.8. The summed E-state index contributed by atoms with van der Waals surface area (Å²) in [6.07, 6.45) is -2.04. The SMILES string of the molecule is C=C(C)[C@H](NC(=O)CCCCCN1C(=O)C=CC2OC21)C(=O)N[C@@H](CCCNC(N)=O)C(=O)Nc1ccc(COC(=O)N[C@H]2C[C@H](O[C@H]3C[C@](O)(C(C)=O)Cc4c(O)c5c(c(O)c43)C(=O)c3ccccc3C5=O)O[C@@H](C)[C@H]2O)cc1. The summed E-state index contributed by atoms with van der Waals surface area (Å²) in [6.45, 7) is 8.37. The quantitative estimate of drug-likeness (QED) is 0.0234. The van der Waals surface area contributed by atoms with Gasteiger partial charge in [-0.05, 0) is 75.8 Å². The molecule has 2 unspecified atom stereocenters. The zero-order valence-corrected chi connectivity index (χ0v) is 44.3. The van der Waals surface area contributed by atoms with E-state index in [0.29, 0.717) is 42.6 Å². The van der Waals surface area contributed by atoms with Crippen LogP contribution in [-0.4, -0.2) is 146 Å². The van der Waals surface area contributed by atoms with Gasteiger partial charge < -0.3 is 76.6 Å². The number of phenols is 2. The van der Waals surface area contributed by atoms with E-state index in [1.54, 1.807) is 36.1 Å². The van der Waals surface area contributed by atoms with Crippen molar-refractivity contribution in [1.29, 1.82) is 0 Å². The van der Waals surface area contributed by atoms with Gasteiger partial charge in [0, 0.05) is 72.8 Å². The summed E-state index contributed by atoms with van der Waals surface area (Å²) in [5, 5.41) is 59.2. The summed E-state index contributed by atoms with van der Waals surface area (Å²) in [5.74, 6) is -5.42. The van der Waals surface area contributed by atoms with E-state index in [1.807, 2.05) is 0 Å². The fraction of sp³-hybridized carbons (Fsp3) is 0.446. The van der Waals surface area contributed by atoms with Crippen molar-refractivity contribution in [2.24, 2.45) is 5.73 Å². The van der Waals surface area contributed by atoms with Crippen LogP contribution in [0.3, 0.4) is 0 Å². The molecule has 8 rings (SSSR count). The molecule has 0 spiro atoms. The predicted molar refractivity (Wildman–Crippen MR) is 281 cm³/mol. The molecular weight excluding hydrogens is 1040 g/mol. The Hall–Kier alpha value is -8.03. The molecule has 7 amide bonds. The number of nitrogens with one attached hydrogen (secondary N) is 5. The average Bonchev–Trinajstić information content (AvgIpc) is 4.21. The number of ether oxygens (including phenoxy) is 4. The molecule has 24 heteroatoms. The number of nitrogens with two attached hydrogens (primary N) is 1. The number of Topliss-reactive ketones (excluding diaryl/α,β-unsaturated/α-hetero) is 1. The number of hydrogen-bond donors (Lipinski definition) is 10. The Bertz CT molecular complexity index is 3020. The van der Waals surface area contributed by atoms with Crippen molar-refractivity contribution in [3.63, 3.8) is 0 Å². The first-order valence-corrected chi connectivity index (χ1v) is 26.3. The van der Waals surface area contributed by atoms with E-state index in [0.717, 1.165) is 6.92 Å². The highest BCUT2D eigenvalue weighted by molar-refractivity contribution is 6.30. The number of aromatic hydroxyl groups is 2. The van der Waals surface area contributed by atoms with Crippen molar-refractivity contribution in [3.05, 3.63) is 112 Å². The molecule has 5 aliphatic rings. The zero-order chi connectivity index (χ0) is 57.7. The molecule has 80 heavy (non-hydrogen) atoms. The molecular formula is C56H65N7O17. The third-order valence-electron chi connectivity index (χ3n) is 14.8. The molecule has 3 aromatic rings. The first-order chi connectivity index (χ1) is 38.0. The standard InChI is InChI=1S/C56H65N7O17/c1-27(2)45(62-39(65)14-6-5-9-22-63-40(66)20-19-37-53(63)80-37)52(73)60-35(13-10-21-58-54(57)74)51(72)59-31-17-15-30(16-18-31)26-77-55(75)61-36-23-41(78-28(3)46(36)67)79-38-25-56(76,29(4)64)24-34-42(38)50(71)44-43(49(34)70)47(68)32-11-7-8-12-33(32)48(44)69/h7-8,11-12,15-20,28,35-38,41,45-46,53,67,70-71,76H,1,5-6,9-10,13-14,21-26H2,2-4H3,(H,59,72)(H,60,73)(H,61,75)(H,62,65)(H3,57,58,74)/t28-,35-,36-,37?,38-,41-,45-,46+,53?,56-/m0/s1. The molecule has 0 bridgehead atoms. The van der Waals surface area contributed by atoms with E-state index in [2.05, 4.69) is 33.2 Å². The molecule has 426 valence electrons. The fourth-order valence-corrected chi connectivity index (χ4v) is 10.4. The fourth-order valence-electron chi connectivity index (χ4n) is 10.4. The number of hydrogen-bond acceptors (Lipinski definition) is 17. The molecule has 0 saturated carbocycles. The normalized spacial score (nSPS) is 24.1. The number of ketones is 3. The molecule has 24 nitrogen and oxygen atoms in total. The molecule has 3 heterocycles. The molecule has 2 saturated heterocycles. The molecule has 0 aromatic heterocycles. The summed E-state index contributed by atoms with van der Waals surface area (Å²) in [7, 11) is 0. The number of amides is 7. The van der Waals surface area contributed by atoms with Gasteiger partial charge in [-0.15, -0.1) is 0 Å². The maximum atomic E-state index is 13.8. The number of nitrogens with zero attached hydrogens (tertiary/aromatic N) is 1. The van der Waals surface area contributed by atoms with Crippen molar-refractivity contribution in [2.75, 3.05) is 18.4 Å². The lowest BCUT2D eigenvalue weighted by Gasteiger charge is -2.42. The van der Waals surface area contributed by atoms with Gasteiger partial charge in [0.1, 0.15) is 48.0 Å². The van der Waals surface area contributed by atoms with Crippen LogP contribution in [0.1, 0.15) is 127 Å². The van der Waals surface area contributed by atoms with Crippen LogP contribution in [0.15, 0.2) is 72.8 Å². The lowest BCUT2D eigenvalue weighted by atomic mass is 9.72. The van der Waals surface area contributed by atoms with Crippen molar-refractivity contribution >= 4 is 58.8 Å². The van der Waals surface area contributed by atoms with Crippen LogP contribution in [-0.2, 0) is 55.9 Å². The summed E-state index contributed by atoms with van der Waals surface area (Å²) in [5.41, 5.74) is 2.87. The Morgan fingerprint density at radius 1 is 0.900 bits per heavy atom. The van der Waals surface area contributed by atoms with Crippen LogP contribution in [0.5, 0.6) is 11.5 Å². The minimum absolute atomic E-state index is 0.0000837. The minimum atomic E-state index is -2.15. The number of anilines is 1. The van der Waals surface area contributed by atoms with Gasteiger partial charge in [-0.3, -0.25) is 33.6 Å². The van der Waals surface area contributed by atoms with E-state index in [-0.39, 0.29) is 79.3 Å². The first-order valence-electron chi connectivity index (χ1n) is 26.3. The highest BCUT2D eigenvalue weighted by atomic mass is 16.7. The number of alkyl carbamates (subject to hydrolysis) is 1. The van der Waals surface area contributed by atoms with Gasteiger partial charge in [0.15, 0.2) is 29.9 Å². The van der Waals surface area contributed by atoms with E-state index in [4.69, 9.17) is 24.7 Å². The maximum Gasteiger partial charge on any atom is 0.407 e. The third-order valence-corrected chi connectivity index (χ3v) is 14.8. The van der Waals surface area contributed by atoms with Crippen LogP contribution >= 0.6 is 0 Å². The second kappa shape index (κ2) is 24.5. The van der Waals surface area contributed by atoms with E-state index < -0.39 is 131 Å². The number of epoxide rings is 1. The number of urea groups is 1. The summed E-state index contributed by atoms with van der Waals surface area (Å²) in [4.78, 5) is 119. The Balaban J connectivity index is 0.849. The number of aliphatic hydroxyl groups excluding tert-OH is 1. The van der Waals surface area contributed by atoms with E-state index >= 15 is 0 Å². The molecule has 0 radical (unpaired) electrons. The molecule has 10 atom stereocenters. The van der Waals surface area contributed by atoms with Crippen molar-refractivity contribution < 1.29 is 82.5 Å². The van der Waals surface area contributed by atoms with Gasteiger partial charge in [-0.2, -0.15) is 0 Å². The lowest BCUT2D eigenvalue weighted by Crippen LogP contribution is -2.55. The van der Waals surface area contributed by atoms with Crippen molar-refractivity contribution in [3.8, 4) is 11.5 Å². The van der Waals surface area contributed by atoms with Gasteiger partial charge in [0.2, 0.25) is 23.6 Å². The second-order valence-electron chi connectivity index (χ2n) is 20.7. The molecule has 11 N–H and O–H groups in total. The van der Waals surface area contributed by atoms with E-state index in [1.165, 1.54) is 43.3 Å². The lowest BCUT2D eigenvalue weighted by molar-refractivity contribution is -0.249. The Labute approximate surface area is 459 Å². The largest absolute Gasteiger partial charge is 0.507 e. The van der Waals surface area contributed by atoms with Gasteiger partial charge >= 0.3 is 12.1 Å². The Morgan fingerprint density at radius 3 is 2.25 bits per heavy atom. The van der Waals surface area contributed by atoms with Crippen LogP contribution in [0, 0.1) is 0 Å². The topological polar surface area (TPSA) is 364 Å². The average molecular weight is 1110 g/mol. The van der Waals surface area contributed by atoms with Gasteiger partial charge in [-0.1, -0.05) is 49.4 Å². The van der Waals surface area contributed by atoms with Gasteiger partial charge in [0.25, 0.3) is 0 Å². The monoisotopic (exact) mass is 1110 g/mol. The highest BCUT2D eigenvalue weighted by Crippen LogP contribution is 2.52. The Morgan fingerprint density at radius 2 is 1.59 bits per heavy atom. The number of primary amides is 1. The number of unbranched alkanes of at least 4 members (excludes halogenated alkanes) is 2. The number of carbonyl (C=O) groups is 9. The summed E-state index contributed by atoms with van der Waals surface area (Å²) >= 11 is 0. The molecule has 2 aliphatic carbocycles. The third kappa shape index (κ3) is 13.0. The van der Waals surface area contributed by atoms with Crippen LogP contribution in [0.4, 0.5) is 15.3 Å². The van der Waals surface area contributed by atoms with Crippen LogP contribution < -0.4 is 32.3 Å². The van der Waals surface area contributed by atoms with Crippen LogP contribution in [0.2, 0.25) is 0 Å². The highest BCUT2D eigenvalue weighted by Gasteiger charge is 2.50. The predicted octanol–water partition coefficient (Wildman–Crippen LogP) is 2.60. The summed E-state index contributed by atoms with van der Waals surface area (Å²) < 4.78 is 23.1. The second-order valence-corrected chi connectivity index (χ2v) is 20.7. The number of fused-ring (bicyclic) bond motifs is 4. The van der Waals surface area contributed by atoms with Gasteiger partial charge in [0.05, 0.1) is 29.4 Å². The number of rotatable bonds is 22. The van der Waals surface area contributed by atoms with E-state index in [9.17, 15) is 63.6 Å². The summed E-state index contributed by atoms with van der Waals surface area (Å²) in [6, 6.07) is 7.91. The van der Waals surface area contributed by atoms with Gasteiger partial charge in [-0.25, -0.2) is 9.59 Å². The first kappa shape index (κ1) is 58.1. The van der Waals surface area contributed by atoms with Crippen molar-refractivity contribution in [2.45, 2.75) is 146 Å². The number of carbonyl (C=O) groups excluding carboxylic acids is 9. The van der Waals surface area contributed by atoms with Crippen LogP contribution in [0.25, 0.3) is 0 Å². The minimum Gasteiger partial charge on any atom is -0.507 e. The van der Waals surface area contributed by atoms with Crippen molar-refractivity contribution in [1.82, 2.24) is 26.2 Å². The zero-order valence-electron chi connectivity index (χ0n) is 44.3. The number of benzene rings is 3. The molecule has 3 aromatic carbocycles. The smallest absolute Gasteiger partial charge is 0.407 e. The number of aliphatic hydroxyl groups is 2. The number of phenolic OH excluding ortho intramolecular Hbond substituents is 2. The maximum absolute atomic E-state index is 13.8. The molecule has 3 aliphatic heterocycles.